The number of hydrogen-bond acceptors (Lipinski definition) is 5. The van der Waals surface area contributed by atoms with Gasteiger partial charge in [0.25, 0.3) is 0 Å². The first-order chi connectivity index (χ1) is 9.37. The third kappa shape index (κ3) is 8.17. The molecule has 0 amide bonds. The van der Waals surface area contributed by atoms with Crippen molar-refractivity contribution in [1.82, 2.24) is 4.90 Å². The van der Waals surface area contributed by atoms with E-state index >= 15 is 0 Å². The maximum absolute atomic E-state index is 6.46. The molecule has 0 aliphatic carbocycles. The minimum absolute atomic E-state index is 0.0742. The number of hydrogen-bond donors (Lipinski definition) is 4. The first-order valence-corrected chi connectivity index (χ1v) is 7.97. The van der Waals surface area contributed by atoms with Crippen LogP contribution in [-0.4, -0.2) is 43.8 Å². The zero-order valence-corrected chi connectivity index (χ0v) is 13.8. The summed E-state index contributed by atoms with van der Waals surface area (Å²) in [7, 11) is 0. The average molecular weight is 287 g/mol. The Morgan fingerprint density at radius 2 is 1.45 bits per heavy atom. The zero-order valence-electron chi connectivity index (χ0n) is 13.8. The molecule has 0 rings (SSSR count). The minimum Gasteiger partial charge on any atom is -0.330 e. The summed E-state index contributed by atoms with van der Waals surface area (Å²) in [5.41, 5.74) is 23.6. The van der Waals surface area contributed by atoms with Crippen molar-refractivity contribution >= 4 is 0 Å². The Morgan fingerprint density at radius 1 is 0.950 bits per heavy atom. The Balaban J connectivity index is 4.48. The van der Waals surface area contributed by atoms with Crippen molar-refractivity contribution in [3.8, 4) is 0 Å². The first-order valence-electron chi connectivity index (χ1n) is 7.97. The Bertz CT molecular complexity index is 224. The van der Waals surface area contributed by atoms with E-state index in [4.69, 9.17) is 22.9 Å². The van der Waals surface area contributed by atoms with Gasteiger partial charge in [-0.2, -0.15) is 0 Å². The van der Waals surface area contributed by atoms with Gasteiger partial charge in [-0.15, -0.1) is 0 Å². The van der Waals surface area contributed by atoms with Crippen molar-refractivity contribution in [3.63, 3.8) is 0 Å². The van der Waals surface area contributed by atoms with Crippen LogP contribution in [0.4, 0.5) is 0 Å². The fourth-order valence-corrected chi connectivity index (χ4v) is 2.84. The molecular formula is C15H37N5. The Hall–Kier alpha value is -0.200. The molecule has 2 unspecified atom stereocenters. The molecule has 8 N–H and O–H groups in total. The van der Waals surface area contributed by atoms with E-state index in [1.165, 1.54) is 0 Å². The van der Waals surface area contributed by atoms with Gasteiger partial charge in [0.1, 0.15) is 0 Å². The molecule has 0 aromatic carbocycles. The Labute approximate surface area is 125 Å². The van der Waals surface area contributed by atoms with E-state index in [1.54, 1.807) is 0 Å². The second kappa shape index (κ2) is 10.5. The van der Waals surface area contributed by atoms with Gasteiger partial charge in [0.15, 0.2) is 0 Å². The predicted molar refractivity (Wildman–Crippen MR) is 88.1 cm³/mol. The van der Waals surface area contributed by atoms with E-state index in [2.05, 4.69) is 25.7 Å². The highest BCUT2D eigenvalue weighted by Gasteiger charge is 2.26. The molecule has 0 saturated heterocycles. The van der Waals surface area contributed by atoms with E-state index in [0.717, 1.165) is 45.3 Å². The van der Waals surface area contributed by atoms with Crippen molar-refractivity contribution < 1.29 is 0 Å². The lowest BCUT2D eigenvalue weighted by molar-refractivity contribution is 0.117. The topological polar surface area (TPSA) is 107 Å². The highest BCUT2D eigenvalue weighted by Crippen LogP contribution is 2.30. The standard InChI is InChI=1S/C15H37N5/c1-13(12-15(2,3)6-9-18)14(19)20(10-4-7-16)11-5-8-17/h13-14H,4-12,16-19H2,1-3H3. The van der Waals surface area contributed by atoms with Crippen LogP contribution in [0.15, 0.2) is 0 Å². The van der Waals surface area contributed by atoms with Crippen LogP contribution in [0, 0.1) is 11.3 Å². The lowest BCUT2D eigenvalue weighted by Crippen LogP contribution is -2.48. The van der Waals surface area contributed by atoms with Crippen LogP contribution >= 0.6 is 0 Å². The van der Waals surface area contributed by atoms with E-state index in [1.807, 2.05) is 0 Å². The Morgan fingerprint density at radius 3 is 1.85 bits per heavy atom. The third-order valence-electron chi connectivity index (χ3n) is 4.00. The van der Waals surface area contributed by atoms with Crippen molar-refractivity contribution in [2.24, 2.45) is 34.3 Å². The van der Waals surface area contributed by atoms with E-state index in [9.17, 15) is 0 Å². The normalized spacial score (nSPS) is 15.6. The minimum atomic E-state index is 0.0742. The molecule has 2 atom stereocenters. The van der Waals surface area contributed by atoms with E-state index < -0.39 is 0 Å². The van der Waals surface area contributed by atoms with Gasteiger partial charge in [-0.25, -0.2) is 0 Å². The van der Waals surface area contributed by atoms with Gasteiger partial charge < -0.3 is 22.9 Å². The zero-order chi connectivity index (χ0) is 15.6. The summed E-state index contributed by atoms with van der Waals surface area (Å²) >= 11 is 0. The van der Waals surface area contributed by atoms with Crippen LogP contribution in [0.2, 0.25) is 0 Å². The average Bonchev–Trinajstić information content (AvgIpc) is 2.37. The molecule has 5 heteroatoms. The fraction of sp³-hybridized carbons (Fsp3) is 1.00. The van der Waals surface area contributed by atoms with Gasteiger partial charge in [0, 0.05) is 13.1 Å². The van der Waals surface area contributed by atoms with Gasteiger partial charge in [0.05, 0.1) is 6.17 Å². The molecule has 0 heterocycles. The molecule has 0 saturated carbocycles. The molecule has 0 fully saturated rings. The molecule has 122 valence electrons. The Kier molecular flexibility index (Phi) is 10.4. The second-order valence-corrected chi connectivity index (χ2v) is 6.70. The number of nitrogens with zero attached hydrogens (tertiary/aromatic N) is 1. The van der Waals surface area contributed by atoms with Crippen molar-refractivity contribution in [3.05, 3.63) is 0 Å². The fourth-order valence-electron chi connectivity index (χ4n) is 2.84. The summed E-state index contributed by atoms with van der Waals surface area (Å²) in [6.45, 7) is 10.8. The largest absolute Gasteiger partial charge is 0.330 e. The molecule has 0 bridgehead atoms. The van der Waals surface area contributed by atoms with Crippen LogP contribution in [0.3, 0.4) is 0 Å². The molecular weight excluding hydrogens is 250 g/mol. The lowest BCUT2D eigenvalue weighted by Gasteiger charge is -2.36. The summed E-state index contributed by atoms with van der Waals surface area (Å²) in [5, 5.41) is 0. The molecule has 0 spiro atoms. The monoisotopic (exact) mass is 287 g/mol. The summed E-state index contributed by atoms with van der Waals surface area (Å²) in [6, 6.07) is 0. The summed E-state index contributed by atoms with van der Waals surface area (Å²) in [4.78, 5) is 2.34. The third-order valence-corrected chi connectivity index (χ3v) is 4.00. The maximum Gasteiger partial charge on any atom is 0.0598 e. The van der Waals surface area contributed by atoms with Gasteiger partial charge in [0.2, 0.25) is 0 Å². The molecule has 20 heavy (non-hydrogen) atoms. The van der Waals surface area contributed by atoms with Crippen LogP contribution in [0.5, 0.6) is 0 Å². The maximum atomic E-state index is 6.46. The SMILES string of the molecule is CC(CC(C)(C)CCN)C(N)N(CCCN)CCCN. The molecule has 0 aliphatic rings. The van der Waals surface area contributed by atoms with Crippen molar-refractivity contribution in [2.75, 3.05) is 32.7 Å². The molecule has 0 aromatic heterocycles. The van der Waals surface area contributed by atoms with E-state index in [-0.39, 0.29) is 11.6 Å². The molecule has 0 aromatic rings. The first kappa shape index (κ1) is 19.8. The van der Waals surface area contributed by atoms with Crippen molar-refractivity contribution in [1.29, 1.82) is 0 Å². The number of nitrogens with two attached hydrogens (primary N) is 4. The summed E-state index contributed by atoms with van der Waals surface area (Å²) in [5.74, 6) is 0.437. The van der Waals surface area contributed by atoms with Crippen LogP contribution < -0.4 is 22.9 Å². The second-order valence-electron chi connectivity index (χ2n) is 6.70. The van der Waals surface area contributed by atoms with E-state index in [0.29, 0.717) is 19.0 Å². The summed E-state index contributed by atoms with van der Waals surface area (Å²) < 4.78 is 0. The van der Waals surface area contributed by atoms with Gasteiger partial charge in [-0.3, -0.25) is 4.90 Å². The van der Waals surface area contributed by atoms with Gasteiger partial charge in [-0.1, -0.05) is 20.8 Å². The smallest absolute Gasteiger partial charge is 0.0598 e. The predicted octanol–water partition coefficient (Wildman–Crippen LogP) is 0.672. The lowest BCUT2D eigenvalue weighted by atomic mass is 9.79. The van der Waals surface area contributed by atoms with Crippen LogP contribution in [0.25, 0.3) is 0 Å². The van der Waals surface area contributed by atoms with Gasteiger partial charge >= 0.3 is 0 Å². The molecule has 5 nitrogen and oxygen atoms in total. The van der Waals surface area contributed by atoms with Crippen molar-refractivity contribution in [2.45, 2.75) is 52.6 Å². The highest BCUT2D eigenvalue weighted by atomic mass is 15.2. The van der Waals surface area contributed by atoms with Crippen LogP contribution in [0.1, 0.15) is 46.5 Å². The highest BCUT2D eigenvalue weighted by molar-refractivity contribution is 4.79. The molecule has 0 aliphatic heterocycles. The number of rotatable bonds is 12. The summed E-state index contributed by atoms with van der Waals surface area (Å²) in [6.07, 6.45) is 4.17. The molecule has 0 radical (unpaired) electrons. The van der Waals surface area contributed by atoms with Crippen LogP contribution in [-0.2, 0) is 0 Å². The quantitative estimate of drug-likeness (QED) is 0.395. The van der Waals surface area contributed by atoms with Gasteiger partial charge in [-0.05, 0) is 56.7 Å².